The molecule has 4 rings (SSSR count). The second-order valence-electron chi connectivity index (χ2n) is 7.84. The van der Waals surface area contributed by atoms with E-state index in [1.54, 1.807) is 25.3 Å². The molecule has 2 aromatic carbocycles. The molecule has 0 atom stereocenters. The van der Waals surface area contributed by atoms with Gasteiger partial charge in [0.2, 0.25) is 5.91 Å². The summed E-state index contributed by atoms with van der Waals surface area (Å²) >= 11 is 0. The van der Waals surface area contributed by atoms with E-state index in [1.165, 1.54) is 17.0 Å². The minimum Gasteiger partial charge on any atom is -0.497 e. The summed E-state index contributed by atoms with van der Waals surface area (Å²) in [5.41, 5.74) is 2.59. The van der Waals surface area contributed by atoms with E-state index in [2.05, 4.69) is 27.5 Å². The molecular weight excluding hydrogens is 396 g/mol. The Balaban J connectivity index is 1.30. The van der Waals surface area contributed by atoms with Gasteiger partial charge in [-0.2, -0.15) is 0 Å². The van der Waals surface area contributed by atoms with Crippen LogP contribution < -0.4 is 10.1 Å². The topological polar surface area (TPSA) is 100 Å². The number of aromatic nitrogens is 1. The molecule has 1 saturated heterocycles. The Kier molecular flexibility index (Phi) is 6.18. The Bertz CT molecular complexity index is 1090. The number of anilines is 1. The molecule has 0 unspecified atom stereocenters. The van der Waals surface area contributed by atoms with E-state index in [9.17, 15) is 14.9 Å². The number of ether oxygens (including phenoxy) is 1. The first-order valence-electron chi connectivity index (χ1n) is 10.5. The molecule has 1 fully saturated rings. The van der Waals surface area contributed by atoms with Crippen molar-refractivity contribution in [2.45, 2.75) is 25.2 Å². The number of nitro groups is 1. The molecule has 0 bridgehead atoms. The van der Waals surface area contributed by atoms with Crippen LogP contribution in [0.2, 0.25) is 0 Å². The molecule has 2 heterocycles. The third-order valence-corrected chi connectivity index (χ3v) is 5.98. The van der Waals surface area contributed by atoms with E-state index in [-0.39, 0.29) is 17.3 Å². The largest absolute Gasteiger partial charge is 0.497 e. The van der Waals surface area contributed by atoms with E-state index in [0.29, 0.717) is 18.9 Å². The van der Waals surface area contributed by atoms with Crippen LogP contribution in [0.1, 0.15) is 30.7 Å². The van der Waals surface area contributed by atoms with Crippen LogP contribution in [-0.2, 0) is 4.79 Å². The summed E-state index contributed by atoms with van der Waals surface area (Å²) in [5, 5.41) is 15.0. The quantitative estimate of drug-likeness (QED) is 0.437. The Morgan fingerprint density at radius 1 is 1.26 bits per heavy atom. The molecule has 162 valence electrons. The van der Waals surface area contributed by atoms with Crippen molar-refractivity contribution in [3.63, 3.8) is 0 Å². The van der Waals surface area contributed by atoms with Gasteiger partial charge in [0.15, 0.2) is 0 Å². The van der Waals surface area contributed by atoms with E-state index in [1.807, 2.05) is 12.1 Å². The molecule has 8 nitrogen and oxygen atoms in total. The molecule has 31 heavy (non-hydrogen) atoms. The van der Waals surface area contributed by atoms with Crippen LogP contribution in [0.3, 0.4) is 0 Å². The fourth-order valence-corrected chi connectivity index (χ4v) is 4.26. The fraction of sp³-hybridized carbons (Fsp3) is 0.348. The summed E-state index contributed by atoms with van der Waals surface area (Å²) in [7, 11) is 1.68. The number of carbonyl (C=O) groups excluding carboxylic acids is 1. The molecule has 3 aromatic rings. The highest BCUT2D eigenvalue weighted by atomic mass is 16.6. The number of aromatic amines is 1. The molecule has 0 aliphatic carbocycles. The van der Waals surface area contributed by atoms with Gasteiger partial charge in [-0.05, 0) is 61.7 Å². The van der Waals surface area contributed by atoms with E-state index in [0.717, 1.165) is 37.2 Å². The maximum absolute atomic E-state index is 12.3. The Morgan fingerprint density at radius 2 is 2.03 bits per heavy atom. The Morgan fingerprint density at radius 3 is 2.77 bits per heavy atom. The first kappa shape index (κ1) is 20.9. The number of H-pyrrole nitrogens is 1. The number of nitrogens with zero attached hydrogens (tertiary/aromatic N) is 2. The highest BCUT2D eigenvalue weighted by molar-refractivity contribution is 5.93. The number of nitrogens with one attached hydrogen (secondary N) is 2. The van der Waals surface area contributed by atoms with Crippen molar-refractivity contribution in [1.82, 2.24) is 9.88 Å². The number of amides is 1. The monoisotopic (exact) mass is 422 g/mol. The van der Waals surface area contributed by atoms with Gasteiger partial charge in [0.25, 0.3) is 5.69 Å². The zero-order valence-corrected chi connectivity index (χ0v) is 17.5. The number of fused-ring (bicyclic) bond motifs is 1. The Labute approximate surface area is 180 Å². The predicted octanol–water partition coefficient (Wildman–Crippen LogP) is 4.29. The first-order valence-corrected chi connectivity index (χ1v) is 10.5. The number of para-hydroxylation sites is 2. The predicted molar refractivity (Wildman–Crippen MR) is 120 cm³/mol. The van der Waals surface area contributed by atoms with Gasteiger partial charge in [-0.15, -0.1) is 0 Å². The van der Waals surface area contributed by atoms with Gasteiger partial charge < -0.3 is 19.9 Å². The van der Waals surface area contributed by atoms with Gasteiger partial charge >= 0.3 is 0 Å². The zero-order valence-electron chi connectivity index (χ0n) is 17.5. The fourth-order valence-electron chi connectivity index (χ4n) is 4.26. The molecular formula is C23H26N4O4. The van der Waals surface area contributed by atoms with Crippen molar-refractivity contribution in [1.29, 1.82) is 0 Å². The molecule has 2 N–H and O–H groups in total. The lowest BCUT2D eigenvalue weighted by Crippen LogP contribution is -2.35. The third kappa shape index (κ3) is 4.69. The van der Waals surface area contributed by atoms with Crippen molar-refractivity contribution in [2.24, 2.45) is 0 Å². The van der Waals surface area contributed by atoms with Crippen LogP contribution in [0.5, 0.6) is 5.75 Å². The minimum absolute atomic E-state index is 0.0907. The van der Waals surface area contributed by atoms with Crippen molar-refractivity contribution < 1.29 is 14.5 Å². The molecule has 1 aliphatic heterocycles. The Hall–Kier alpha value is -3.39. The summed E-state index contributed by atoms with van der Waals surface area (Å²) < 4.78 is 5.37. The van der Waals surface area contributed by atoms with E-state index in [4.69, 9.17) is 4.74 Å². The van der Waals surface area contributed by atoms with Crippen LogP contribution in [0, 0.1) is 10.1 Å². The van der Waals surface area contributed by atoms with Crippen molar-refractivity contribution in [3.05, 3.63) is 64.3 Å². The second-order valence-corrected chi connectivity index (χ2v) is 7.84. The average molecular weight is 422 g/mol. The van der Waals surface area contributed by atoms with Crippen LogP contribution in [-0.4, -0.2) is 47.5 Å². The average Bonchev–Trinajstić information content (AvgIpc) is 3.21. The highest BCUT2D eigenvalue weighted by Gasteiger charge is 2.23. The number of piperidine rings is 1. The number of hydrogen-bond acceptors (Lipinski definition) is 5. The lowest BCUT2D eigenvalue weighted by Gasteiger charge is -2.31. The van der Waals surface area contributed by atoms with Crippen molar-refractivity contribution in [3.8, 4) is 5.75 Å². The number of benzene rings is 2. The summed E-state index contributed by atoms with van der Waals surface area (Å²) in [5.74, 6) is 1.12. The summed E-state index contributed by atoms with van der Waals surface area (Å²) in [4.78, 5) is 28.6. The normalized spacial score (nSPS) is 15.1. The van der Waals surface area contributed by atoms with Gasteiger partial charge in [0.1, 0.15) is 11.4 Å². The van der Waals surface area contributed by atoms with Crippen LogP contribution in [0.4, 0.5) is 11.4 Å². The lowest BCUT2D eigenvalue weighted by atomic mass is 9.89. The second kappa shape index (κ2) is 9.18. The summed E-state index contributed by atoms with van der Waals surface area (Å²) in [6.45, 7) is 2.47. The maximum atomic E-state index is 12.3. The van der Waals surface area contributed by atoms with Crippen molar-refractivity contribution >= 4 is 28.2 Å². The number of likely N-dealkylation sites (tertiary alicyclic amines) is 1. The number of hydrogen-bond donors (Lipinski definition) is 2. The molecule has 8 heteroatoms. The van der Waals surface area contributed by atoms with Crippen LogP contribution in [0.15, 0.2) is 48.7 Å². The van der Waals surface area contributed by atoms with Crippen LogP contribution >= 0.6 is 0 Å². The molecule has 1 amide bonds. The number of nitro benzene ring substituents is 1. The molecule has 1 aliphatic rings. The van der Waals surface area contributed by atoms with Gasteiger partial charge in [0, 0.05) is 36.1 Å². The van der Waals surface area contributed by atoms with Gasteiger partial charge in [-0.25, -0.2) is 0 Å². The smallest absolute Gasteiger partial charge is 0.292 e. The third-order valence-electron chi connectivity index (χ3n) is 5.98. The van der Waals surface area contributed by atoms with E-state index < -0.39 is 4.92 Å². The number of carbonyl (C=O) groups is 1. The van der Waals surface area contributed by atoms with Gasteiger partial charge in [-0.1, -0.05) is 12.1 Å². The van der Waals surface area contributed by atoms with Crippen LogP contribution in [0.25, 0.3) is 10.9 Å². The zero-order chi connectivity index (χ0) is 21.8. The summed E-state index contributed by atoms with van der Waals surface area (Å²) in [6.07, 6.45) is 4.46. The maximum Gasteiger partial charge on any atom is 0.292 e. The van der Waals surface area contributed by atoms with Crippen molar-refractivity contribution in [2.75, 3.05) is 32.1 Å². The number of rotatable bonds is 7. The minimum atomic E-state index is -0.485. The lowest BCUT2D eigenvalue weighted by molar-refractivity contribution is -0.383. The van der Waals surface area contributed by atoms with E-state index >= 15 is 0 Å². The first-order chi connectivity index (χ1) is 15.0. The molecule has 0 saturated carbocycles. The standard InChI is InChI=1S/C23H26N4O4/c1-31-17-6-7-20-18(14-17)19(15-24-20)16-8-11-26(12-9-16)13-10-23(28)25-21-4-2-3-5-22(21)27(29)30/h2-7,14-16,24H,8-13H2,1H3,(H,25,28). The molecule has 1 aromatic heterocycles. The molecule has 0 radical (unpaired) electrons. The summed E-state index contributed by atoms with van der Waals surface area (Å²) in [6, 6.07) is 12.3. The van der Waals surface area contributed by atoms with Gasteiger partial charge in [-0.3, -0.25) is 14.9 Å². The number of methoxy groups -OCH3 is 1. The SMILES string of the molecule is COc1ccc2[nH]cc(C3CCN(CCC(=O)Nc4ccccc4[N+](=O)[O-])CC3)c2c1. The highest BCUT2D eigenvalue weighted by Crippen LogP contribution is 2.34. The van der Waals surface area contributed by atoms with Gasteiger partial charge in [0.05, 0.1) is 12.0 Å². The molecule has 0 spiro atoms.